The van der Waals surface area contributed by atoms with Crippen LogP contribution in [-0.4, -0.2) is 47.6 Å². The zero-order valence-electron chi connectivity index (χ0n) is 13.5. The molecule has 1 aromatic rings. The van der Waals surface area contributed by atoms with Gasteiger partial charge in [-0.05, 0) is 56.9 Å². The van der Waals surface area contributed by atoms with Crippen LogP contribution < -0.4 is 0 Å². The molecule has 22 heavy (non-hydrogen) atoms. The van der Waals surface area contributed by atoms with E-state index in [1.54, 1.807) is 11.8 Å². The topological polar surface area (TPSA) is 23.6 Å². The van der Waals surface area contributed by atoms with Crippen LogP contribution in [0.5, 0.6) is 0 Å². The average molecular weight is 318 g/mol. The van der Waals surface area contributed by atoms with E-state index in [1.807, 2.05) is 0 Å². The van der Waals surface area contributed by atoms with E-state index in [4.69, 9.17) is 0 Å². The number of piperidine rings is 1. The monoisotopic (exact) mass is 318 g/mol. The number of thioether (sulfide) groups is 1. The second-order valence-electron chi connectivity index (χ2n) is 6.36. The largest absolute Gasteiger partial charge is 0.326 e. The molecule has 0 spiro atoms. The number of aryl methyl sites for hydroxylation is 1. The Morgan fingerprint density at radius 1 is 1.14 bits per heavy atom. The molecule has 1 amide bonds. The van der Waals surface area contributed by atoms with Gasteiger partial charge in [0.1, 0.15) is 5.37 Å². The zero-order valence-corrected chi connectivity index (χ0v) is 14.3. The molecular formula is C18H26N2OS. The number of benzene rings is 1. The third-order valence-corrected chi connectivity index (χ3v) is 5.98. The lowest BCUT2D eigenvalue weighted by atomic mass is 10.1. The minimum absolute atomic E-state index is 0.218. The number of nitrogens with zero attached hydrogens (tertiary/aromatic N) is 2. The molecule has 0 radical (unpaired) electrons. The summed E-state index contributed by atoms with van der Waals surface area (Å²) in [6, 6.07) is 8.46. The highest BCUT2D eigenvalue weighted by atomic mass is 32.2. The van der Waals surface area contributed by atoms with Gasteiger partial charge >= 0.3 is 0 Å². The summed E-state index contributed by atoms with van der Waals surface area (Å²) >= 11 is 1.77. The molecular weight excluding hydrogens is 292 g/mol. The molecule has 0 aliphatic carbocycles. The van der Waals surface area contributed by atoms with E-state index in [-0.39, 0.29) is 5.37 Å². The van der Waals surface area contributed by atoms with Crippen molar-refractivity contribution in [1.29, 1.82) is 0 Å². The van der Waals surface area contributed by atoms with Crippen molar-refractivity contribution in [3.63, 3.8) is 0 Å². The molecule has 0 aromatic heterocycles. The van der Waals surface area contributed by atoms with Crippen LogP contribution in [0.25, 0.3) is 0 Å². The highest BCUT2D eigenvalue weighted by molar-refractivity contribution is 8.00. The van der Waals surface area contributed by atoms with Crippen LogP contribution in [0.3, 0.4) is 0 Å². The number of hydrogen-bond donors (Lipinski definition) is 0. The first-order valence-corrected chi connectivity index (χ1v) is 9.49. The van der Waals surface area contributed by atoms with Gasteiger partial charge in [0.2, 0.25) is 5.91 Å². The minimum atomic E-state index is 0.218. The maximum atomic E-state index is 12.2. The first-order chi connectivity index (χ1) is 10.8. The highest BCUT2D eigenvalue weighted by Crippen LogP contribution is 2.39. The first-order valence-electron chi connectivity index (χ1n) is 8.44. The van der Waals surface area contributed by atoms with Gasteiger partial charge in [-0.1, -0.05) is 30.7 Å². The molecule has 0 bridgehead atoms. The van der Waals surface area contributed by atoms with E-state index in [1.165, 1.54) is 43.5 Å². The summed E-state index contributed by atoms with van der Waals surface area (Å²) in [7, 11) is 0. The summed E-state index contributed by atoms with van der Waals surface area (Å²) in [4.78, 5) is 16.9. The lowest BCUT2D eigenvalue weighted by Gasteiger charge is -2.29. The second kappa shape index (κ2) is 7.51. The van der Waals surface area contributed by atoms with E-state index in [9.17, 15) is 4.79 Å². The van der Waals surface area contributed by atoms with Crippen LogP contribution in [0, 0.1) is 6.92 Å². The maximum absolute atomic E-state index is 12.2. The molecule has 2 heterocycles. The molecule has 2 aliphatic rings. The standard InChI is InChI=1S/C18H26N2OS/c1-15-8-3-4-9-16(15)18-20(17(21)14-22-18)13-7-12-19-10-5-2-6-11-19/h3-4,8-9,18H,2,5-7,10-14H2,1H3. The molecule has 2 saturated heterocycles. The first kappa shape index (κ1) is 15.9. The predicted molar refractivity (Wildman–Crippen MR) is 93.0 cm³/mol. The van der Waals surface area contributed by atoms with Crippen LogP contribution in [-0.2, 0) is 4.79 Å². The Kier molecular flexibility index (Phi) is 5.42. The van der Waals surface area contributed by atoms with Crippen molar-refractivity contribution in [2.75, 3.05) is 31.9 Å². The number of hydrogen-bond acceptors (Lipinski definition) is 3. The Bertz CT molecular complexity index is 514. The Hall–Kier alpha value is -1.00. The van der Waals surface area contributed by atoms with Gasteiger partial charge in [0, 0.05) is 6.54 Å². The van der Waals surface area contributed by atoms with Crippen molar-refractivity contribution in [1.82, 2.24) is 9.80 Å². The van der Waals surface area contributed by atoms with Crippen molar-refractivity contribution in [2.24, 2.45) is 0 Å². The van der Waals surface area contributed by atoms with Gasteiger partial charge in [0.25, 0.3) is 0 Å². The van der Waals surface area contributed by atoms with E-state index in [0.29, 0.717) is 11.7 Å². The number of carbonyl (C=O) groups is 1. The smallest absolute Gasteiger partial charge is 0.233 e. The van der Waals surface area contributed by atoms with Crippen molar-refractivity contribution < 1.29 is 4.79 Å². The normalized spacial score (nSPS) is 23.2. The summed E-state index contributed by atoms with van der Waals surface area (Å²) in [5, 5.41) is 0.218. The van der Waals surface area contributed by atoms with Crippen molar-refractivity contribution in [3.05, 3.63) is 35.4 Å². The highest BCUT2D eigenvalue weighted by Gasteiger charge is 2.33. The van der Waals surface area contributed by atoms with Gasteiger partial charge in [0.15, 0.2) is 0 Å². The average Bonchev–Trinajstić information content (AvgIpc) is 2.90. The molecule has 3 rings (SSSR count). The molecule has 2 fully saturated rings. The molecule has 120 valence electrons. The minimum Gasteiger partial charge on any atom is -0.326 e. The van der Waals surface area contributed by atoms with Gasteiger partial charge in [-0.3, -0.25) is 4.79 Å². The SMILES string of the molecule is Cc1ccccc1C1SCC(=O)N1CCCN1CCCCC1. The summed E-state index contributed by atoms with van der Waals surface area (Å²) in [6.45, 7) is 6.65. The molecule has 1 unspecified atom stereocenters. The molecule has 4 heteroatoms. The number of rotatable bonds is 5. The van der Waals surface area contributed by atoms with Crippen LogP contribution in [0.4, 0.5) is 0 Å². The Morgan fingerprint density at radius 3 is 2.68 bits per heavy atom. The zero-order chi connectivity index (χ0) is 15.4. The molecule has 1 aromatic carbocycles. The van der Waals surface area contributed by atoms with E-state index in [0.717, 1.165) is 19.5 Å². The third-order valence-electron chi connectivity index (χ3n) is 4.74. The van der Waals surface area contributed by atoms with Crippen LogP contribution in [0.1, 0.15) is 42.2 Å². The Morgan fingerprint density at radius 2 is 1.91 bits per heavy atom. The van der Waals surface area contributed by atoms with Crippen molar-refractivity contribution >= 4 is 17.7 Å². The summed E-state index contributed by atoms with van der Waals surface area (Å²) in [6.07, 6.45) is 5.15. The molecule has 2 aliphatic heterocycles. The van der Waals surface area contributed by atoms with Crippen molar-refractivity contribution in [2.45, 2.75) is 38.0 Å². The summed E-state index contributed by atoms with van der Waals surface area (Å²) < 4.78 is 0. The van der Waals surface area contributed by atoms with Gasteiger partial charge in [0.05, 0.1) is 5.75 Å². The van der Waals surface area contributed by atoms with E-state index < -0.39 is 0 Å². The summed E-state index contributed by atoms with van der Waals surface area (Å²) in [5.41, 5.74) is 2.59. The van der Waals surface area contributed by atoms with Gasteiger partial charge < -0.3 is 9.80 Å². The van der Waals surface area contributed by atoms with E-state index in [2.05, 4.69) is 41.0 Å². The van der Waals surface area contributed by atoms with Crippen molar-refractivity contribution in [3.8, 4) is 0 Å². The number of carbonyl (C=O) groups excluding carboxylic acids is 1. The summed E-state index contributed by atoms with van der Waals surface area (Å²) in [5.74, 6) is 0.930. The fourth-order valence-electron chi connectivity index (χ4n) is 3.47. The van der Waals surface area contributed by atoms with Crippen LogP contribution in [0.2, 0.25) is 0 Å². The van der Waals surface area contributed by atoms with Gasteiger partial charge in [-0.25, -0.2) is 0 Å². The fraction of sp³-hybridized carbons (Fsp3) is 0.611. The lowest BCUT2D eigenvalue weighted by molar-refractivity contribution is -0.128. The molecule has 0 N–H and O–H groups in total. The fourth-order valence-corrected chi connectivity index (χ4v) is 4.78. The number of likely N-dealkylation sites (tertiary alicyclic amines) is 1. The second-order valence-corrected chi connectivity index (χ2v) is 7.43. The molecule has 3 nitrogen and oxygen atoms in total. The predicted octanol–water partition coefficient (Wildman–Crippen LogP) is 3.45. The molecule has 1 atom stereocenters. The van der Waals surface area contributed by atoms with Gasteiger partial charge in [-0.15, -0.1) is 11.8 Å². The van der Waals surface area contributed by atoms with Gasteiger partial charge in [-0.2, -0.15) is 0 Å². The van der Waals surface area contributed by atoms with E-state index >= 15 is 0 Å². The van der Waals surface area contributed by atoms with Crippen LogP contribution >= 0.6 is 11.8 Å². The maximum Gasteiger partial charge on any atom is 0.233 e. The lowest BCUT2D eigenvalue weighted by Crippen LogP contribution is -2.35. The van der Waals surface area contributed by atoms with Crippen LogP contribution in [0.15, 0.2) is 24.3 Å². The molecule has 0 saturated carbocycles. The quantitative estimate of drug-likeness (QED) is 0.831. The Labute approximate surface area is 138 Å². The number of amides is 1. The Balaban J connectivity index is 1.58. The third kappa shape index (κ3) is 3.66.